The Kier molecular flexibility index (Phi) is 1.61. The summed E-state index contributed by atoms with van der Waals surface area (Å²) in [6.45, 7) is 4.26. The minimum Gasteiger partial charge on any atom is -0.0986 e. The Morgan fingerprint density at radius 2 is 1.93 bits per heavy atom. The molecule has 0 N–H and O–H groups in total. The molecule has 2 aliphatic carbocycles. The molecule has 0 amide bonds. The van der Waals surface area contributed by atoms with Crippen LogP contribution >= 0.6 is 0 Å². The largest absolute Gasteiger partial charge is 0.0986 e. The van der Waals surface area contributed by atoms with Gasteiger partial charge in [-0.1, -0.05) is 55.3 Å². The zero-order valence-corrected chi connectivity index (χ0v) is 8.50. The zero-order chi connectivity index (χ0) is 9.60. The third-order valence-electron chi connectivity index (χ3n) is 4.11. The van der Waals surface area contributed by atoms with E-state index in [1.54, 1.807) is 0 Å². The predicted octanol–water partition coefficient (Wildman–Crippen LogP) is 3.68. The maximum atomic E-state index is 4.26. The second-order valence-corrected chi connectivity index (χ2v) is 4.66. The Morgan fingerprint density at radius 3 is 2.64 bits per heavy atom. The van der Waals surface area contributed by atoms with Gasteiger partial charge in [0.15, 0.2) is 0 Å². The molecule has 0 aliphatic heterocycles. The topological polar surface area (TPSA) is 0 Å². The van der Waals surface area contributed by atoms with Crippen molar-refractivity contribution in [1.82, 2.24) is 0 Å². The lowest BCUT2D eigenvalue weighted by atomic mass is 9.82. The third kappa shape index (κ3) is 0.890. The van der Waals surface area contributed by atoms with Crippen LogP contribution in [0.15, 0.2) is 42.5 Å². The highest BCUT2D eigenvalue weighted by Gasteiger charge is 2.59. The summed E-state index contributed by atoms with van der Waals surface area (Å²) in [4.78, 5) is 0. The lowest BCUT2D eigenvalue weighted by Gasteiger charge is -2.21. The molecule has 0 saturated heterocycles. The molecular weight excluding hydrogens is 168 g/mol. The molecule has 1 aromatic carbocycles. The first-order chi connectivity index (χ1) is 6.86. The van der Waals surface area contributed by atoms with E-state index >= 15 is 0 Å². The molecule has 0 aromatic heterocycles. The van der Waals surface area contributed by atoms with Crippen molar-refractivity contribution in [2.75, 3.05) is 0 Å². The molecule has 0 bridgehead atoms. The van der Waals surface area contributed by atoms with Gasteiger partial charge in [-0.3, -0.25) is 0 Å². The molecular formula is C14H16. The van der Waals surface area contributed by atoms with Gasteiger partial charge in [0.25, 0.3) is 0 Å². The van der Waals surface area contributed by atoms with E-state index in [4.69, 9.17) is 0 Å². The summed E-state index contributed by atoms with van der Waals surface area (Å²) in [6.07, 6.45) is 5.48. The Bertz CT molecular complexity index is 363. The van der Waals surface area contributed by atoms with E-state index in [-0.39, 0.29) is 0 Å². The molecule has 1 aromatic rings. The maximum absolute atomic E-state index is 4.26. The molecule has 2 saturated carbocycles. The van der Waals surface area contributed by atoms with Crippen molar-refractivity contribution in [3.8, 4) is 0 Å². The maximum Gasteiger partial charge on any atom is 0.0227 e. The van der Waals surface area contributed by atoms with Crippen molar-refractivity contribution in [1.29, 1.82) is 0 Å². The molecule has 2 unspecified atom stereocenters. The molecule has 0 spiro atoms. The van der Waals surface area contributed by atoms with Crippen LogP contribution in [0.25, 0.3) is 0 Å². The molecule has 0 heteroatoms. The molecule has 3 rings (SSSR count). The SMILES string of the molecule is C=C1C2CCCCC12c1ccccc1. The van der Waals surface area contributed by atoms with Crippen molar-refractivity contribution in [3.05, 3.63) is 48.0 Å². The Balaban J connectivity index is 2.02. The standard InChI is InChI=1S/C14H16/c1-11-13-9-5-6-10-14(11,13)12-7-3-2-4-8-12/h2-4,7-8,13H,1,5-6,9-10H2. The molecule has 2 atom stereocenters. The van der Waals surface area contributed by atoms with Crippen LogP contribution in [-0.2, 0) is 5.41 Å². The van der Waals surface area contributed by atoms with Crippen LogP contribution in [0, 0.1) is 5.92 Å². The van der Waals surface area contributed by atoms with Crippen LogP contribution in [0.5, 0.6) is 0 Å². The van der Waals surface area contributed by atoms with Gasteiger partial charge in [-0.15, -0.1) is 0 Å². The summed E-state index contributed by atoms with van der Waals surface area (Å²) in [5.41, 5.74) is 3.41. The first-order valence-electron chi connectivity index (χ1n) is 5.60. The van der Waals surface area contributed by atoms with E-state index in [1.165, 1.54) is 36.8 Å². The van der Waals surface area contributed by atoms with Crippen molar-refractivity contribution < 1.29 is 0 Å². The highest BCUT2D eigenvalue weighted by Crippen LogP contribution is 2.65. The molecule has 0 heterocycles. The summed E-state index contributed by atoms with van der Waals surface area (Å²) >= 11 is 0. The summed E-state index contributed by atoms with van der Waals surface area (Å²) in [5.74, 6) is 0.804. The van der Waals surface area contributed by atoms with E-state index in [0.29, 0.717) is 5.41 Å². The molecule has 72 valence electrons. The highest BCUT2D eigenvalue weighted by molar-refractivity contribution is 5.52. The fourth-order valence-corrected chi connectivity index (χ4v) is 3.29. The van der Waals surface area contributed by atoms with Crippen molar-refractivity contribution >= 4 is 0 Å². The smallest absolute Gasteiger partial charge is 0.0227 e. The van der Waals surface area contributed by atoms with Gasteiger partial charge < -0.3 is 0 Å². The number of allylic oxidation sites excluding steroid dienone is 1. The van der Waals surface area contributed by atoms with E-state index < -0.39 is 0 Å². The van der Waals surface area contributed by atoms with Crippen LogP contribution in [0.3, 0.4) is 0 Å². The third-order valence-corrected chi connectivity index (χ3v) is 4.11. The van der Waals surface area contributed by atoms with Gasteiger partial charge in [-0.05, 0) is 24.3 Å². The fourth-order valence-electron chi connectivity index (χ4n) is 3.29. The highest BCUT2D eigenvalue weighted by atomic mass is 14.6. The average Bonchev–Trinajstić information content (AvgIpc) is 2.88. The van der Waals surface area contributed by atoms with Crippen LogP contribution in [0.4, 0.5) is 0 Å². The van der Waals surface area contributed by atoms with E-state index in [0.717, 1.165) is 5.92 Å². The van der Waals surface area contributed by atoms with E-state index in [2.05, 4.69) is 36.9 Å². The van der Waals surface area contributed by atoms with Crippen LogP contribution < -0.4 is 0 Å². The minimum absolute atomic E-state index is 0.402. The van der Waals surface area contributed by atoms with Gasteiger partial charge in [0.05, 0.1) is 0 Å². The van der Waals surface area contributed by atoms with E-state index in [9.17, 15) is 0 Å². The number of rotatable bonds is 1. The van der Waals surface area contributed by atoms with Crippen molar-refractivity contribution in [2.45, 2.75) is 31.1 Å². The summed E-state index contributed by atoms with van der Waals surface area (Å²) in [6, 6.07) is 11.0. The normalized spacial score (nSPS) is 35.1. The Morgan fingerprint density at radius 1 is 1.14 bits per heavy atom. The predicted molar refractivity (Wildman–Crippen MR) is 59.2 cm³/mol. The molecule has 0 radical (unpaired) electrons. The monoisotopic (exact) mass is 184 g/mol. The van der Waals surface area contributed by atoms with Gasteiger partial charge in [0.1, 0.15) is 0 Å². The molecule has 0 nitrogen and oxygen atoms in total. The van der Waals surface area contributed by atoms with Crippen molar-refractivity contribution in [2.24, 2.45) is 5.92 Å². The lowest BCUT2D eigenvalue weighted by molar-refractivity contribution is 0.429. The quantitative estimate of drug-likeness (QED) is 0.584. The van der Waals surface area contributed by atoms with Gasteiger partial charge in [0.2, 0.25) is 0 Å². The first kappa shape index (κ1) is 8.28. The summed E-state index contributed by atoms with van der Waals surface area (Å²) < 4.78 is 0. The minimum atomic E-state index is 0.402. The average molecular weight is 184 g/mol. The van der Waals surface area contributed by atoms with E-state index in [1.807, 2.05) is 0 Å². The van der Waals surface area contributed by atoms with Gasteiger partial charge in [0, 0.05) is 5.41 Å². The number of hydrogen-bond donors (Lipinski definition) is 0. The number of hydrogen-bond acceptors (Lipinski definition) is 0. The fraction of sp³-hybridized carbons (Fsp3) is 0.429. The van der Waals surface area contributed by atoms with Crippen LogP contribution in [0.1, 0.15) is 31.2 Å². The van der Waals surface area contributed by atoms with Gasteiger partial charge >= 0.3 is 0 Å². The molecule has 14 heavy (non-hydrogen) atoms. The Labute approximate surface area is 85.6 Å². The van der Waals surface area contributed by atoms with Crippen LogP contribution in [0.2, 0.25) is 0 Å². The van der Waals surface area contributed by atoms with Gasteiger partial charge in [-0.2, -0.15) is 0 Å². The van der Waals surface area contributed by atoms with Gasteiger partial charge in [-0.25, -0.2) is 0 Å². The Hall–Kier alpha value is -1.04. The van der Waals surface area contributed by atoms with Crippen LogP contribution in [-0.4, -0.2) is 0 Å². The number of fused-ring (bicyclic) bond motifs is 1. The first-order valence-corrected chi connectivity index (χ1v) is 5.60. The zero-order valence-electron chi connectivity index (χ0n) is 8.50. The van der Waals surface area contributed by atoms with Crippen molar-refractivity contribution in [3.63, 3.8) is 0 Å². The second kappa shape index (κ2) is 2.73. The second-order valence-electron chi connectivity index (χ2n) is 4.66. The summed E-state index contributed by atoms with van der Waals surface area (Å²) in [5, 5.41) is 0. The number of benzene rings is 1. The molecule has 2 aliphatic rings. The summed E-state index contributed by atoms with van der Waals surface area (Å²) in [7, 11) is 0. The lowest BCUT2D eigenvalue weighted by Crippen LogP contribution is -2.14. The molecule has 2 fully saturated rings.